The smallest absolute Gasteiger partial charge is 0.257 e. The summed E-state index contributed by atoms with van der Waals surface area (Å²) in [7, 11) is 0. The minimum Gasteiger partial charge on any atom is -0.338 e. The quantitative estimate of drug-likeness (QED) is 0.583. The van der Waals surface area contributed by atoms with E-state index in [0.29, 0.717) is 18.7 Å². The second-order valence-electron chi connectivity index (χ2n) is 9.93. The van der Waals surface area contributed by atoms with Gasteiger partial charge in [-0.05, 0) is 43.9 Å². The molecule has 182 valence electrons. The number of nitrogens with zero attached hydrogens (tertiary/aromatic N) is 7. The fraction of sp³-hybridized carbons (Fsp3) is 0.481. The van der Waals surface area contributed by atoms with Crippen LogP contribution in [-0.2, 0) is 12.8 Å². The number of hydrogen-bond donors (Lipinski definition) is 0. The number of amides is 1. The molecular formula is C27H33N7O. The summed E-state index contributed by atoms with van der Waals surface area (Å²) in [5, 5.41) is 4.49. The fourth-order valence-electron chi connectivity index (χ4n) is 5.48. The highest BCUT2D eigenvalue weighted by atomic mass is 16.2. The Hall–Kier alpha value is -3.26. The molecule has 1 aliphatic carbocycles. The van der Waals surface area contributed by atoms with E-state index in [1.54, 1.807) is 6.20 Å². The monoisotopic (exact) mass is 471 g/mol. The van der Waals surface area contributed by atoms with Crippen molar-refractivity contribution in [3.05, 3.63) is 65.2 Å². The molecule has 0 atom stereocenters. The van der Waals surface area contributed by atoms with E-state index in [2.05, 4.69) is 14.9 Å². The van der Waals surface area contributed by atoms with E-state index in [0.717, 1.165) is 73.6 Å². The van der Waals surface area contributed by atoms with Crippen LogP contribution < -0.4 is 4.90 Å². The summed E-state index contributed by atoms with van der Waals surface area (Å²) in [6, 6.07) is 10.7. The normalized spacial score (nSPS) is 19.2. The zero-order valence-corrected chi connectivity index (χ0v) is 20.4. The van der Waals surface area contributed by atoms with Gasteiger partial charge in [-0.3, -0.25) is 9.69 Å². The first-order chi connectivity index (χ1) is 17.2. The van der Waals surface area contributed by atoms with Crippen molar-refractivity contribution in [1.82, 2.24) is 29.5 Å². The third-order valence-electron chi connectivity index (χ3n) is 7.93. The summed E-state index contributed by atoms with van der Waals surface area (Å²) in [6.45, 7) is 7.47. The predicted molar refractivity (Wildman–Crippen MR) is 135 cm³/mol. The van der Waals surface area contributed by atoms with Crippen LogP contribution in [0.15, 0.2) is 42.7 Å². The number of anilines is 1. The Morgan fingerprint density at radius 1 is 0.943 bits per heavy atom. The molecule has 0 bridgehead atoms. The average molecular weight is 472 g/mol. The van der Waals surface area contributed by atoms with Crippen molar-refractivity contribution in [2.45, 2.75) is 45.1 Å². The highest BCUT2D eigenvalue weighted by Gasteiger charge is 2.29. The van der Waals surface area contributed by atoms with Gasteiger partial charge >= 0.3 is 0 Å². The summed E-state index contributed by atoms with van der Waals surface area (Å²) in [6.07, 6.45) is 9.32. The maximum atomic E-state index is 13.4. The van der Waals surface area contributed by atoms with E-state index in [-0.39, 0.29) is 5.91 Å². The van der Waals surface area contributed by atoms with Crippen molar-refractivity contribution >= 4 is 11.9 Å². The lowest BCUT2D eigenvalue weighted by Crippen LogP contribution is -2.52. The van der Waals surface area contributed by atoms with Gasteiger partial charge in [0, 0.05) is 57.9 Å². The second-order valence-corrected chi connectivity index (χ2v) is 9.93. The molecule has 1 saturated carbocycles. The van der Waals surface area contributed by atoms with Crippen LogP contribution in [0.25, 0.3) is 5.69 Å². The Kier molecular flexibility index (Phi) is 5.98. The van der Waals surface area contributed by atoms with Crippen molar-refractivity contribution < 1.29 is 4.79 Å². The summed E-state index contributed by atoms with van der Waals surface area (Å²) in [5.41, 5.74) is 4.74. The maximum absolute atomic E-state index is 13.4. The molecule has 3 aliphatic rings. The third kappa shape index (κ3) is 4.31. The third-order valence-corrected chi connectivity index (χ3v) is 7.93. The van der Waals surface area contributed by atoms with Crippen LogP contribution in [0.3, 0.4) is 0 Å². The standard InChI is InChI=1S/C27H33N7O/c1-20-24(19-29-34(20)23-6-3-2-4-7-23)26(35)32-12-10-21-18-28-27(30-25(21)11-13-32)33-16-14-31(15-17-33)22-8-5-9-22/h2-4,6-7,18-19,22H,5,8-17H2,1H3. The van der Waals surface area contributed by atoms with E-state index < -0.39 is 0 Å². The second kappa shape index (κ2) is 9.41. The first kappa shape index (κ1) is 22.2. The van der Waals surface area contributed by atoms with E-state index in [4.69, 9.17) is 9.97 Å². The number of carbonyl (C=O) groups excluding carboxylic acids is 1. The highest BCUT2D eigenvalue weighted by Crippen LogP contribution is 2.26. The minimum atomic E-state index is 0.0396. The minimum absolute atomic E-state index is 0.0396. The molecule has 3 aromatic rings. The van der Waals surface area contributed by atoms with Crippen LogP contribution in [-0.4, -0.2) is 80.8 Å². The summed E-state index contributed by atoms with van der Waals surface area (Å²) >= 11 is 0. The Bertz CT molecular complexity index is 1200. The van der Waals surface area contributed by atoms with Gasteiger partial charge in [0.15, 0.2) is 0 Å². The van der Waals surface area contributed by atoms with Gasteiger partial charge in [0.25, 0.3) is 5.91 Å². The fourth-order valence-corrected chi connectivity index (χ4v) is 5.48. The highest BCUT2D eigenvalue weighted by molar-refractivity contribution is 5.95. The van der Waals surface area contributed by atoms with Gasteiger partial charge in [0.1, 0.15) is 0 Å². The van der Waals surface area contributed by atoms with Crippen LogP contribution >= 0.6 is 0 Å². The first-order valence-corrected chi connectivity index (χ1v) is 12.9. The summed E-state index contributed by atoms with van der Waals surface area (Å²) in [5.74, 6) is 0.884. The lowest BCUT2D eigenvalue weighted by Gasteiger charge is -2.43. The van der Waals surface area contributed by atoms with Crippen LogP contribution in [0.4, 0.5) is 5.95 Å². The molecule has 6 rings (SSSR count). The molecule has 0 radical (unpaired) electrons. The molecule has 1 amide bonds. The van der Waals surface area contributed by atoms with Gasteiger partial charge in [-0.25, -0.2) is 14.6 Å². The number of carbonyl (C=O) groups is 1. The van der Waals surface area contributed by atoms with Crippen molar-refractivity contribution in [3.8, 4) is 5.69 Å². The number of fused-ring (bicyclic) bond motifs is 1. The van der Waals surface area contributed by atoms with Gasteiger partial charge in [-0.15, -0.1) is 0 Å². The molecule has 1 aromatic carbocycles. The molecular weight excluding hydrogens is 438 g/mol. The summed E-state index contributed by atoms with van der Waals surface area (Å²) < 4.78 is 1.84. The average Bonchev–Trinajstić information content (AvgIpc) is 3.11. The molecule has 2 aliphatic heterocycles. The van der Waals surface area contributed by atoms with Crippen LogP contribution in [0.1, 0.15) is 46.6 Å². The molecule has 0 N–H and O–H groups in total. The lowest BCUT2D eigenvalue weighted by molar-refractivity contribution is 0.0762. The Morgan fingerprint density at radius 2 is 1.71 bits per heavy atom. The zero-order valence-electron chi connectivity index (χ0n) is 20.4. The van der Waals surface area contributed by atoms with Gasteiger partial charge in [-0.2, -0.15) is 5.10 Å². The number of rotatable bonds is 4. The van der Waals surface area contributed by atoms with Crippen LogP contribution in [0.5, 0.6) is 0 Å². The Labute approximate surface area is 206 Å². The van der Waals surface area contributed by atoms with E-state index in [9.17, 15) is 4.79 Å². The molecule has 8 nitrogen and oxygen atoms in total. The van der Waals surface area contributed by atoms with Gasteiger partial charge in [0.05, 0.1) is 28.8 Å². The van der Waals surface area contributed by atoms with Gasteiger partial charge < -0.3 is 9.80 Å². The van der Waals surface area contributed by atoms with Gasteiger partial charge in [0.2, 0.25) is 5.95 Å². The predicted octanol–water partition coefficient (Wildman–Crippen LogP) is 2.89. The van der Waals surface area contributed by atoms with Crippen LogP contribution in [0.2, 0.25) is 0 Å². The SMILES string of the molecule is Cc1c(C(=O)N2CCc3cnc(N4CCN(C5CCC5)CC4)nc3CC2)cnn1-c1ccccc1. The van der Waals surface area contributed by atoms with Crippen molar-refractivity contribution in [3.63, 3.8) is 0 Å². The zero-order chi connectivity index (χ0) is 23.8. The molecule has 35 heavy (non-hydrogen) atoms. The van der Waals surface area contributed by atoms with Gasteiger partial charge in [-0.1, -0.05) is 24.6 Å². The largest absolute Gasteiger partial charge is 0.338 e. The van der Waals surface area contributed by atoms with E-state index in [1.165, 1.54) is 19.3 Å². The van der Waals surface area contributed by atoms with Crippen molar-refractivity contribution in [2.24, 2.45) is 0 Å². The molecule has 4 heterocycles. The Morgan fingerprint density at radius 3 is 2.46 bits per heavy atom. The van der Waals surface area contributed by atoms with Crippen LogP contribution in [0, 0.1) is 6.92 Å². The van der Waals surface area contributed by atoms with E-state index >= 15 is 0 Å². The van der Waals surface area contributed by atoms with Crippen molar-refractivity contribution in [1.29, 1.82) is 0 Å². The molecule has 0 spiro atoms. The molecule has 1 saturated heterocycles. The number of aromatic nitrogens is 4. The summed E-state index contributed by atoms with van der Waals surface area (Å²) in [4.78, 5) is 30.0. The number of piperazine rings is 1. The number of benzene rings is 1. The maximum Gasteiger partial charge on any atom is 0.257 e. The first-order valence-electron chi connectivity index (χ1n) is 12.9. The van der Waals surface area contributed by atoms with E-state index in [1.807, 2.05) is 53.0 Å². The number of para-hydroxylation sites is 1. The number of hydrogen-bond acceptors (Lipinski definition) is 6. The topological polar surface area (TPSA) is 70.4 Å². The molecule has 0 unspecified atom stereocenters. The lowest BCUT2D eigenvalue weighted by atomic mass is 9.91. The Balaban J connectivity index is 1.12. The molecule has 8 heteroatoms. The van der Waals surface area contributed by atoms with Crippen molar-refractivity contribution in [2.75, 3.05) is 44.2 Å². The molecule has 2 fully saturated rings. The molecule has 2 aromatic heterocycles.